The molecule has 0 aliphatic heterocycles. The van der Waals surface area contributed by atoms with Gasteiger partial charge in [0.2, 0.25) is 0 Å². The highest BCUT2D eigenvalue weighted by molar-refractivity contribution is 6.10. The first-order valence-corrected chi connectivity index (χ1v) is 3.91. The Labute approximate surface area is 74.9 Å². The van der Waals surface area contributed by atoms with E-state index in [1.54, 1.807) is 12.4 Å². The summed E-state index contributed by atoms with van der Waals surface area (Å²) in [5.74, 6) is 0. The molecular formula is C9H9N3O. The van der Waals surface area contributed by atoms with Crippen molar-refractivity contribution >= 4 is 5.71 Å². The normalized spacial score (nSPS) is 9.85. The Bertz CT molecular complexity index is 350. The van der Waals surface area contributed by atoms with E-state index in [1.807, 2.05) is 24.3 Å². The number of rotatable bonds is 2. The van der Waals surface area contributed by atoms with E-state index in [0.29, 0.717) is 5.71 Å². The van der Waals surface area contributed by atoms with Gasteiger partial charge in [-0.2, -0.15) is 0 Å². The van der Waals surface area contributed by atoms with Gasteiger partial charge in [-0.05, 0) is 24.3 Å². The third kappa shape index (κ3) is 1.33. The smallest absolute Gasteiger partial charge is 0.149 e. The summed E-state index contributed by atoms with van der Waals surface area (Å²) in [5, 5.41) is 12.0. The van der Waals surface area contributed by atoms with Crippen molar-refractivity contribution in [1.82, 2.24) is 9.97 Å². The van der Waals surface area contributed by atoms with Crippen molar-refractivity contribution in [2.45, 2.75) is 0 Å². The summed E-state index contributed by atoms with van der Waals surface area (Å²) in [4.78, 5) is 5.93. The molecule has 0 fully saturated rings. The number of oxime groups is 1. The van der Waals surface area contributed by atoms with Gasteiger partial charge in [-0.15, -0.1) is 0 Å². The number of hydrogen-bond acceptors (Lipinski definition) is 2. The zero-order valence-corrected chi connectivity index (χ0v) is 6.86. The van der Waals surface area contributed by atoms with Crippen LogP contribution >= 0.6 is 0 Å². The van der Waals surface area contributed by atoms with Gasteiger partial charge in [-0.25, -0.2) is 0 Å². The quantitative estimate of drug-likeness (QED) is 0.362. The fourth-order valence-corrected chi connectivity index (χ4v) is 1.21. The van der Waals surface area contributed by atoms with Gasteiger partial charge in [0.25, 0.3) is 0 Å². The van der Waals surface area contributed by atoms with Crippen LogP contribution in [0.2, 0.25) is 0 Å². The molecule has 3 N–H and O–H groups in total. The van der Waals surface area contributed by atoms with E-state index in [1.165, 1.54) is 0 Å². The topological polar surface area (TPSA) is 64.2 Å². The summed E-state index contributed by atoms with van der Waals surface area (Å²) in [7, 11) is 0. The van der Waals surface area contributed by atoms with Gasteiger partial charge in [-0.1, -0.05) is 5.16 Å². The standard InChI is InChI=1S/C9H9N3O/c13-12-9(7-3-1-5-10-7)8-4-2-6-11-8/h1-6,10-11,13H. The van der Waals surface area contributed by atoms with Crippen molar-refractivity contribution in [2.75, 3.05) is 0 Å². The van der Waals surface area contributed by atoms with Crippen molar-refractivity contribution < 1.29 is 5.21 Å². The maximum Gasteiger partial charge on any atom is 0.149 e. The Morgan fingerprint density at radius 3 is 1.92 bits per heavy atom. The van der Waals surface area contributed by atoms with Gasteiger partial charge >= 0.3 is 0 Å². The van der Waals surface area contributed by atoms with E-state index in [4.69, 9.17) is 5.21 Å². The molecule has 2 rings (SSSR count). The molecule has 4 nitrogen and oxygen atoms in total. The molecule has 0 atom stereocenters. The summed E-state index contributed by atoms with van der Waals surface area (Å²) < 4.78 is 0. The molecule has 0 radical (unpaired) electrons. The van der Waals surface area contributed by atoms with Crippen LogP contribution in [0.25, 0.3) is 0 Å². The van der Waals surface area contributed by atoms with Crippen LogP contribution in [0.5, 0.6) is 0 Å². The van der Waals surface area contributed by atoms with Gasteiger partial charge in [0.1, 0.15) is 5.71 Å². The van der Waals surface area contributed by atoms with E-state index in [9.17, 15) is 0 Å². The molecule has 0 amide bonds. The lowest BCUT2D eigenvalue weighted by atomic mass is 10.2. The number of nitrogens with one attached hydrogen (secondary N) is 2. The predicted molar refractivity (Wildman–Crippen MR) is 49.0 cm³/mol. The summed E-state index contributed by atoms with van der Waals surface area (Å²) >= 11 is 0. The molecule has 66 valence electrons. The minimum Gasteiger partial charge on any atom is -0.410 e. The summed E-state index contributed by atoms with van der Waals surface area (Å²) in [6, 6.07) is 7.39. The molecule has 4 heteroatoms. The predicted octanol–water partition coefficient (Wildman–Crippen LogP) is 1.57. The van der Waals surface area contributed by atoms with Crippen molar-refractivity contribution in [3.05, 3.63) is 48.0 Å². The molecule has 0 spiro atoms. The van der Waals surface area contributed by atoms with Gasteiger partial charge in [0.15, 0.2) is 0 Å². The second-order valence-corrected chi connectivity index (χ2v) is 2.62. The average molecular weight is 175 g/mol. The molecule has 13 heavy (non-hydrogen) atoms. The highest BCUT2D eigenvalue weighted by Gasteiger charge is 2.07. The molecule has 0 aliphatic carbocycles. The molecule has 2 heterocycles. The number of nitrogens with zero attached hydrogens (tertiary/aromatic N) is 1. The third-order valence-electron chi connectivity index (χ3n) is 1.81. The molecule has 0 saturated carbocycles. The minimum atomic E-state index is 0.509. The number of hydrogen-bond donors (Lipinski definition) is 3. The molecule has 2 aromatic rings. The lowest BCUT2D eigenvalue weighted by Crippen LogP contribution is -2.03. The zero-order chi connectivity index (χ0) is 9.10. The van der Waals surface area contributed by atoms with Crippen LogP contribution in [-0.4, -0.2) is 20.9 Å². The lowest BCUT2D eigenvalue weighted by Gasteiger charge is -1.97. The van der Waals surface area contributed by atoms with Crippen molar-refractivity contribution in [3.63, 3.8) is 0 Å². The highest BCUT2D eigenvalue weighted by Crippen LogP contribution is 2.06. The fraction of sp³-hybridized carbons (Fsp3) is 0. The molecular weight excluding hydrogens is 166 g/mol. The van der Waals surface area contributed by atoms with E-state index in [-0.39, 0.29) is 0 Å². The summed E-state index contributed by atoms with van der Waals surface area (Å²) in [5.41, 5.74) is 2.07. The Hall–Kier alpha value is -1.97. The Morgan fingerprint density at radius 2 is 1.62 bits per heavy atom. The van der Waals surface area contributed by atoms with Gasteiger partial charge in [0.05, 0.1) is 11.4 Å². The van der Waals surface area contributed by atoms with Crippen molar-refractivity contribution in [2.24, 2.45) is 5.16 Å². The Balaban J connectivity index is 2.42. The Morgan fingerprint density at radius 1 is 1.08 bits per heavy atom. The number of aromatic nitrogens is 2. The summed E-state index contributed by atoms with van der Waals surface area (Å²) in [6.45, 7) is 0. The van der Waals surface area contributed by atoms with E-state index in [2.05, 4.69) is 15.1 Å². The molecule has 0 unspecified atom stereocenters. The van der Waals surface area contributed by atoms with Crippen molar-refractivity contribution in [3.8, 4) is 0 Å². The highest BCUT2D eigenvalue weighted by atomic mass is 16.4. The Kier molecular flexibility index (Phi) is 1.88. The molecule has 0 aliphatic rings. The monoisotopic (exact) mass is 175 g/mol. The molecule has 0 bridgehead atoms. The van der Waals surface area contributed by atoms with Crippen LogP contribution < -0.4 is 0 Å². The van der Waals surface area contributed by atoms with Gasteiger partial charge in [0, 0.05) is 12.4 Å². The molecule has 0 saturated heterocycles. The van der Waals surface area contributed by atoms with E-state index in [0.717, 1.165) is 11.4 Å². The van der Waals surface area contributed by atoms with Gasteiger partial charge < -0.3 is 15.2 Å². The van der Waals surface area contributed by atoms with Crippen LogP contribution in [-0.2, 0) is 0 Å². The largest absolute Gasteiger partial charge is 0.410 e. The first-order valence-electron chi connectivity index (χ1n) is 3.91. The molecule has 2 aromatic heterocycles. The van der Waals surface area contributed by atoms with Crippen LogP contribution in [0.3, 0.4) is 0 Å². The minimum absolute atomic E-state index is 0.509. The van der Waals surface area contributed by atoms with Crippen LogP contribution in [0, 0.1) is 0 Å². The number of aromatic amines is 2. The van der Waals surface area contributed by atoms with E-state index >= 15 is 0 Å². The van der Waals surface area contributed by atoms with Crippen LogP contribution in [0.15, 0.2) is 41.8 Å². The third-order valence-corrected chi connectivity index (χ3v) is 1.81. The van der Waals surface area contributed by atoms with Gasteiger partial charge in [-0.3, -0.25) is 0 Å². The first kappa shape index (κ1) is 7.67. The number of H-pyrrole nitrogens is 2. The maximum absolute atomic E-state index is 8.82. The fourth-order valence-electron chi connectivity index (χ4n) is 1.21. The second kappa shape index (κ2) is 3.18. The second-order valence-electron chi connectivity index (χ2n) is 2.62. The summed E-state index contributed by atoms with van der Waals surface area (Å²) in [6.07, 6.45) is 3.56. The van der Waals surface area contributed by atoms with Crippen LogP contribution in [0.4, 0.5) is 0 Å². The average Bonchev–Trinajstić information content (AvgIpc) is 2.76. The SMILES string of the molecule is ON=C(c1ccc[nH]1)c1ccc[nH]1. The van der Waals surface area contributed by atoms with Crippen LogP contribution in [0.1, 0.15) is 11.4 Å². The lowest BCUT2D eigenvalue weighted by molar-refractivity contribution is 0.319. The zero-order valence-electron chi connectivity index (χ0n) is 6.86. The van der Waals surface area contributed by atoms with E-state index < -0.39 is 0 Å². The van der Waals surface area contributed by atoms with Crippen molar-refractivity contribution in [1.29, 1.82) is 0 Å². The maximum atomic E-state index is 8.82. The first-order chi connectivity index (χ1) is 6.42. The molecule has 0 aromatic carbocycles.